The first-order valence-corrected chi connectivity index (χ1v) is 9.80. The van der Waals surface area contributed by atoms with E-state index in [0.29, 0.717) is 0 Å². The van der Waals surface area contributed by atoms with Crippen LogP contribution in [0.2, 0.25) is 0 Å². The fourth-order valence-corrected chi connectivity index (χ4v) is 4.12. The maximum Gasteiger partial charge on any atom is 0.118 e. The van der Waals surface area contributed by atoms with E-state index in [2.05, 4.69) is 73.8 Å². The molecule has 0 fully saturated rings. The predicted molar refractivity (Wildman–Crippen MR) is 114 cm³/mol. The smallest absolute Gasteiger partial charge is 0.118 e. The van der Waals surface area contributed by atoms with Gasteiger partial charge in [-0.3, -0.25) is 0 Å². The quantitative estimate of drug-likeness (QED) is 0.395. The van der Waals surface area contributed by atoms with E-state index in [0.717, 1.165) is 28.3 Å². The highest BCUT2D eigenvalue weighted by atomic mass is 32.1. The standard InChI is InChI=1S/C24H21NOS/c1-16-6-4-5-7-21(16)22-14-19(18-8-10-20(26-3)11-9-18)15-23(25-22)24-17(2)12-13-27-24/h4-15H,1-3H3. The first-order valence-electron chi connectivity index (χ1n) is 8.92. The fraction of sp³-hybridized carbons (Fsp3) is 0.125. The molecule has 0 bridgehead atoms. The highest BCUT2D eigenvalue weighted by Crippen LogP contribution is 2.35. The zero-order valence-electron chi connectivity index (χ0n) is 15.7. The summed E-state index contributed by atoms with van der Waals surface area (Å²) >= 11 is 1.74. The second kappa shape index (κ2) is 7.37. The van der Waals surface area contributed by atoms with Crippen molar-refractivity contribution >= 4 is 11.3 Å². The van der Waals surface area contributed by atoms with Crippen molar-refractivity contribution in [2.45, 2.75) is 13.8 Å². The summed E-state index contributed by atoms with van der Waals surface area (Å²) in [5.74, 6) is 0.862. The number of methoxy groups -OCH3 is 1. The number of hydrogen-bond donors (Lipinski definition) is 0. The lowest BCUT2D eigenvalue weighted by Gasteiger charge is -2.12. The molecular weight excluding hydrogens is 350 g/mol. The Morgan fingerprint density at radius 3 is 2.19 bits per heavy atom. The molecule has 4 rings (SSSR count). The van der Waals surface area contributed by atoms with Crippen molar-refractivity contribution in [2.24, 2.45) is 0 Å². The van der Waals surface area contributed by atoms with Crippen molar-refractivity contribution < 1.29 is 4.74 Å². The van der Waals surface area contributed by atoms with Gasteiger partial charge in [-0.05, 0) is 71.8 Å². The van der Waals surface area contributed by atoms with Crippen molar-refractivity contribution in [2.75, 3.05) is 7.11 Å². The third kappa shape index (κ3) is 3.51. The van der Waals surface area contributed by atoms with Crippen LogP contribution in [-0.4, -0.2) is 12.1 Å². The Kier molecular flexibility index (Phi) is 4.78. The van der Waals surface area contributed by atoms with Gasteiger partial charge in [0.1, 0.15) is 5.75 Å². The summed E-state index contributed by atoms with van der Waals surface area (Å²) in [6.45, 7) is 4.27. The Hall–Kier alpha value is -2.91. The van der Waals surface area contributed by atoms with Gasteiger partial charge in [-0.2, -0.15) is 0 Å². The number of benzene rings is 2. The molecule has 2 nitrogen and oxygen atoms in total. The first-order chi connectivity index (χ1) is 13.2. The van der Waals surface area contributed by atoms with Crippen LogP contribution in [0.4, 0.5) is 0 Å². The zero-order valence-corrected chi connectivity index (χ0v) is 16.5. The molecule has 0 saturated heterocycles. The summed E-state index contributed by atoms with van der Waals surface area (Å²) in [5, 5.41) is 2.12. The predicted octanol–water partition coefficient (Wildman–Crippen LogP) is 6.77. The summed E-state index contributed by atoms with van der Waals surface area (Å²) in [6.07, 6.45) is 0. The number of aromatic nitrogens is 1. The molecule has 2 heterocycles. The van der Waals surface area contributed by atoms with Gasteiger partial charge >= 0.3 is 0 Å². The van der Waals surface area contributed by atoms with Crippen molar-refractivity contribution in [3.63, 3.8) is 0 Å². The summed E-state index contributed by atoms with van der Waals surface area (Å²) in [5.41, 5.74) is 8.00. The van der Waals surface area contributed by atoms with Crippen LogP contribution in [0.5, 0.6) is 5.75 Å². The molecule has 2 aromatic carbocycles. The van der Waals surface area contributed by atoms with Crippen LogP contribution in [0.3, 0.4) is 0 Å². The fourth-order valence-electron chi connectivity index (χ4n) is 3.23. The third-order valence-electron chi connectivity index (χ3n) is 4.76. The lowest BCUT2D eigenvalue weighted by atomic mass is 9.99. The van der Waals surface area contributed by atoms with Crippen LogP contribution in [0.1, 0.15) is 11.1 Å². The highest BCUT2D eigenvalue weighted by Gasteiger charge is 2.12. The van der Waals surface area contributed by atoms with E-state index in [9.17, 15) is 0 Å². The molecule has 0 aliphatic carbocycles. The molecular formula is C24H21NOS. The monoisotopic (exact) mass is 371 g/mol. The second-order valence-electron chi connectivity index (χ2n) is 6.60. The first kappa shape index (κ1) is 17.5. The van der Waals surface area contributed by atoms with Crippen molar-refractivity contribution in [1.29, 1.82) is 0 Å². The molecule has 0 aliphatic rings. The van der Waals surface area contributed by atoms with Crippen LogP contribution < -0.4 is 4.74 Å². The van der Waals surface area contributed by atoms with E-state index in [1.807, 2.05) is 12.1 Å². The van der Waals surface area contributed by atoms with Gasteiger partial charge in [0, 0.05) is 5.56 Å². The zero-order chi connectivity index (χ0) is 18.8. The lowest BCUT2D eigenvalue weighted by Crippen LogP contribution is -1.92. The summed E-state index contributed by atoms with van der Waals surface area (Å²) in [4.78, 5) is 6.24. The molecule has 0 atom stereocenters. The summed E-state index contributed by atoms with van der Waals surface area (Å²) in [6, 6.07) is 23.1. The maximum absolute atomic E-state index is 5.30. The minimum absolute atomic E-state index is 0.862. The Bertz CT molecular complexity index is 1080. The minimum atomic E-state index is 0.862. The highest BCUT2D eigenvalue weighted by molar-refractivity contribution is 7.13. The van der Waals surface area contributed by atoms with Crippen LogP contribution in [0, 0.1) is 13.8 Å². The van der Waals surface area contributed by atoms with Gasteiger partial charge in [0.05, 0.1) is 23.4 Å². The Morgan fingerprint density at radius 2 is 1.52 bits per heavy atom. The van der Waals surface area contributed by atoms with Crippen molar-refractivity contribution in [3.05, 3.63) is 83.2 Å². The van der Waals surface area contributed by atoms with Gasteiger partial charge in [0.15, 0.2) is 0 Å². The van der Waals surface area contributed by atoms with Gasteiger partial charge in [-0.15, -0.1) is 11.3 Å². The van der Waals surface area contributed by atoms with E-state index in [1.165, 1.54) is 21.6 Å². The number of pyridine rings is 1. The normalized spacial score (nSPS) is 10.8. The number of rotatable bonds is 4. The molecule has 0 radical (unpaired) electrons. The molecule has 0 N–H and O–H groups in total. The van der Waals surface area contributed by atoms with E-state index in [1.54, 1.807) is 18.4 Å². The number of aryl methyl sites for hydroxylation is 2. The molecule has 0 spiro atoms. The van der Waals surface area contributed by atoms with E-state index >= 15 is 0 Å². The van der Waals surface area contributed by atoms with Crippen LogP contribution in [0.15, 0.2) is 72.1 Å². The Morgan fingerprint density at radius 1 is 0.778 bits per heavy atom. The van der Waals surface area contributed by atoms with Gasteiger partial charge in [0.2, 0.25) is 0 Å². The molecule has 0 aliphatic heterocycles. The maximum atomic E-state index is 5.30. The van der Waals surface area contributed by atoms with Crippen molar-refractivity contribution in [3.8, 4) is 38.7 Å². The number of hydrogen-bond acceptors (Lipinski definition) is 3. The number of ether oxygens (including phenoxy) is 1. The summed E-state index contributed by atoms with van der Waals surface area (Å²) in [7, 11) is 1.69. The van der Waals surface area contributed by atoms with Crippen LogP contribution in [0.25, 0.3) is 33.0 Å². The topological polar surface area (TPSA) is 22.1 Å². The number of thiophene rings is 1. The minimum Gasteiger partial charge on any atom is -0.497 e. The van der Waals surface area contributed by atoms with E-state index in [-0.39, 0.29) is 0 Å². The molecule has 2 aromatic heterocycles. The van der Waals surface area contributed by atoms with Gasteiger partial charge < -0.3 is 4.74 Å². The largest absolute Gasteiger partial charge is 0.497 e. The van der Waals surface area contributed by atoms with Gasteiger partial charge in [0.25, 0.3) is 0 Å². The van der Waals surface area contributed by atoms with Gasteiger partial charge in [-0.25, -0.2) is 4.98 Å². The molecule has 4 aromatic rings. The molecule has 27 heavy (non-hydrogen) atoms. The third-order valence-corrected chi connectivity index (χ3v) is 5.80. The van der Waals surface area contributed by atoms with Crippen LogP contribution in [-0.2, 0) is 0 Å². The van der Waals surface area contributed by atoms with Crippen molar-refractivity contribution in [1.82, 2.24) is 4.98 Å². The summed E-state index contributed by atoms with van der Waals surface area (Å²) < 4.78 is 5.30. The Labute approximate surface area is 164 Å². The molecule has 3 heteroatoms. The molecule has 0 saturated carbocycles. The van der Waals surface area contributed by atoms with E-state index in [4.69, 9.17) is 9.72 Å². The molecule has 0 amide bonds. The molecule has 134 valence electrons. The lowest BCUT2D eigenvalue weighted by molar-refractivity contribution is 0.415. The average molecular weight is 372 g/mol. The number of nitrogens with zero attached hydrogens (tertiary/aromatic N) is 1. The molecule has 0 unspecified atom stereocenters. The van der Waals surface area contributed by atoms with E-state index < -0.39 is 0 Å². The average Bonchev–Trinajstić information content (AvgIpc) is 3.14. The second-order valence-corrected chi connectivity index (χ2v) is 7.52. The van der Waals surface area contributed by atoms with Gasteiger partial charge in [-0.1, -0.05) is 36.4 Å². The SMILES string of the molecule is COc1ccc(-c2cc(-c3ccccc3C)nc(-c3sccc3C)c2)cc1. The van der Waals surface area contributed by atoms with Crippen LogP contribution >= 0.6 is 11.3 Å². The Balaban J connectivity index is 1.91.